The molecule has 0 fully saturated rings. The Hall–Kier alpha value is -2.11. The Balaban J connectivity index is 2.39. The first-order valence-electron chi connectivity index (χ1n) is 5.78. The van der Waals surface area contributed by atoms with E-state index in [1.807, 2.05) is 6.07 Å². The minimum Gasteiger partial charge on any atom is -0.482 e. The highest BCUT2D eigenvalue weighted by Gasteiger charge is 2.09. The molecule has 0 saturated heterocycles. The van der Waals surface area contributed by atoms with Gasteiger partial charge in [0.2, 0.25) is 10.0 Å². The van der Waals surface area contributed by atoms with E-state index in [9.17, 15) is 13.2 Å². The van der Waals surface area contributed by atoms with Crippen molar-refractivity contribution in [3.8, 4) is 11.8 Å². The quantitative estimate of drug-likeness (QED) is 0.712. The average Bonchev–Trinajstić information content (AvgIpc) is 2.45. The zero-order chi connectivity index (χ0) is 15.0. The molecule has 108 valence electrons. The maximum atomic E-state index is 11.5. The molecule has 1 aromatic rings. The summed E-state index contributed by atoms with van der Waals surface area (Å²) in [6.07, 6.45) is 0. The highest BCUT2D eigenvalue weighted by atomic mass is 32.2. The molecule has 0 saturated carbocycles. The fourth-order valence-electron chi connectivity index (χ4n) is 1.31. The van der Waals surface area contributed by atoms with Gasteiger partial charge in [-0.25, -0.2) is 13.1 Å². The summed E-state index contributed by atoms with van der Waals surface area (Å²) in [6.45, 7) is -0.288. The summed E-state index contributed by atoms with van der Waals surface area (Å²) in [4.78, 5) is 11.5. The third-order valence-corrected chi connectivity index (χ3v) is 3.73. The molecule has 1 rings (SSSR count). The maximum absolute atomic E-state index is 11.5. The first-order chi connectivity index (χ1) is 9.48. The van der Waals surface area contributed by atoms with Crippen molar-refractivity contribution in [3.63, 3.8) is 0 Å². The molecule has 0 spiro atoms. The van der Waals surface area contributed by atoms with Gasteiger partial charge < -0.3 is 10.1 Å². The Bertz CT molecular complexity index is 607. The molecule has 0 atom stereocenters. The molecule has 2 N–H and O–H groups in total. The number of nitrogens with zero attached hydrogens (tertiary/aromatic N) is 1. The van der Waals surface area contributed by atoms with Crippen LogP contribution in [0, 0.1) is 11.3 Å². The van der Waals surface area contributed by atoms with Gasteiger partial charge in [0.05, 0.1) is 11.3 Å². The predicted molar refractivity (Wildman–Crippen MR) is 72.5 cm³/mol. The summed E-state index contributed by atoms with van der Waals surface area (Å²) in [6, 6.07) is 8.48. The molecule has 0 heterocycles. The van der Waals surface area contributed by atoms with Gasteiger partial charge in [0.15, 0.2) is 6.61 Å². The van der Waals surface area contributed by atoms with E-state index < -0.39 is 15.9 Å². The van der Waals surface area contributed by atoms with E-state index in [4.69, 9.17) is 10.00 Å². The Morgan fingerprint density at radius 1 is 1.40 bits per heavy atom. The number of hydrogen-bond donors (Lipinski definition) is 2. The number of sulfonamides is 1. The molecular formula is C12H15N3O4S. The Morgan fingerprint density at radius 2 is 2.10 bits per heavy atom. The minimum atomic E-state index is -3.34. The Kier molecular flexibility index (Phi) is 5.96. The van der Waals surface area contributed by atoms with E-state index in [0.717, 1.165) is 0 Å². The molecule has 0 aliphatic heterocycles. The number of rotatable bonds is 7. The van der Waals surface area contributed by atoms with Crippen molar-refractivity contribution >= 4 is 15.9 Å². The van der Waals surface area contributed by atoms with Gasteiger partial charge in [-0.15, -0.1) is 0 Å². The van der Waals surface area contributed by atoms with Crippen LogP contribution in [0.5, 0.6) is 5.75 Å². The third-order valence-electron chi connectivity index (χ3n) is 2.37. The number of amides is 1. The summed E-state index contributed by atoms with van der Waals surface area (Å²) < 4.78 is 29.6. The van der Waals surface area contributed by atoms with Crippen LogP contribution >= 0.6 is 0 Å². The topological polar surface area (TPSA) is 108 Å². The van der Waals surface area contributed by atoms with Crippen molar-refractivity contribution in [1.82, 2.24) is 10.0 Å². The minimum absolute atomic E-state index is 0.00867. The zero-order valence-corrected chi connectivity index (χ0v) is 11.7. The number of para-hydroxylation sites is 1. The molecule has 7 nitrogen and oxygen atoms in total. The standard InChI is InChI=1S/C12H15N3O4S/c1-14-20(17,18)7-6-15-12(16)9-19-11-5-3-2-4-10(11)8-13/h2-5,14H,6-7,9H2,1H3,(H,15,16). The largest absolute Gasteiger partial charge is 0.482 e. The molecule has 1 aromatic carbocycles. The molecule has 0 aliphatic rings. The van der Waals surface area contributed by atoms with Crippen LogP contribution in [0.25, 0.3) is 0 Å². The second-order valence-corrected chi connectivity index (χ2v) is 5.82. The van der Waals surface area contributed by atoms with Crippen LogP contribution in [-0.2, 0) is 14.8 Å². The summed E-state index contributed by atoms with van der Waals surface area (Å²) >= 11 is 0. The average molecular weight is 297 g/mol. The van der Waals surface area contributed by atoms with Gasteiger partial charge >= 0.3 is 0 Å². The maximum Gasteiger partial charge on any atom is 0.257 e. The van der Waals surface area contributed by atoms with E-state index in [2.05, 4.69) is 10.0 Å². The molecule has 0 bridgehead atoms. The predicted octanol–water partition coefficient (Wildman–Crippen LogP) is -0.398. The summed E-state index contributed by atoms with van der Waals surface area (Å²) in [5.74, 6) is -0.346. The van der Waals surface area contributed by atoms with Crippen LogP contribution < -0.4 is 14.8 Å². The summed E-state index contributed by atoms with van der Waals surface area (Å²) in [5, 5.41) is 11.3. The van der Waals surface area contributed by atoms with Crippen LogP contribution in [0.1, 0.15) is 5.56 Å². The number of hydrogen-bond acceptors (Lipinski definition) is 5. The van der Waals surface area contributed by atoms with E-state index in [0.29, 0.717) is 11.3 Å². The molecule has 0 aliphatic carbocycles. The van der Waals surface area contributed by atoms with Gasteiger partial charge in [-0.1, -0.05) is 12.1 Å². The number of carbonyl (C=O) groups excluding carboxylic acids is 1. The van der Waals surface area contributed by atoms with Gasteiger partial charge in [0, 0.05) is 6.54 Å². The zero-order valence-electron chi connectivity index (χ0n) is 10.9. The van der Waals surface area contributed by atoms with Crippen molar-refractivity contribution in [2.24, 2.45) is 0 Å². The number of benzene rings is 1. The van der Waals surface area contributed by atoms with E-state index in [1.54, 1.807) is 24.3 Å². The van der Waals surface area contributed by atoms with Gasteiger partial charge in [0.1, 0.15) is 11.8 Å². The lowest BCUT2D eigenvalue weighted by atomic mass is 10.2. The molecule has 0 radical (unpaired) electrons. The lowest BCUT2D eigenvalue weighted by Gasteiger charge is -2.08. The number of carbonyl (C=O) groups is 1. The fourth-order valence-corrected chi connectivity index (χ4v) is 1.88. The molecule has 20 heavy (non-hydrogen) atoms. The second-order valence-electron chi connectivity index (χ2n) is 3.77. The van der Waals surface area contributed by atoms with Crippen LogP contribution in [0.2, 0.25) is 0 Å². The highest BCUT2D eigenvalue weighted by molar-refractivity contribution is 7.89. The van der Waals surface area contributed by atoms with Crippen LogP contribution in [0.4, 0.5) is 0 Å². The Labute approximate surface area is 117 Å². The first-order valence-corrected chi connectivity index (χ1v) is 7.43. The molecule has 1 amide bonds. The lowest BCUT2D eigenvalue weighted by molar-refractivity contribution is -0.122. The monoisotopic (exact) mass is 297 g/mol. The third kappa shape index (κ3) is 5.26. The van der Waals surface area contributed by atoms with Crippen molar-refractivity contribution in [1.29, 1.82) is 5.26 Å². The SMILES string of the molecule is CNS(=O)(=O)CCNC(=O)COc1ccccc1C#N. The van der Waals surface area contributed by atoms with Gasteiger partial charge in [-0.3, -0.25) is 4.79 Å². The first kappa shape index (κ1) is 15.9. The number of nitrogens with one attached hydrogen (secondary N) is 2. The fraction of sp³-hybridized carbons (Fsp3) is 0.333. The summed E-state index contributed by atoms with van der Waals surface area (Å²) in [7, 11) is -2.04. The van der Waals surface area contributed by atoms with Gasteiger partial charge in [-0.2, -0.15) is 5.26 Å². The smallest absolute Gasteiger partial charge is 0.257 e. The van der Waals surface area contributed by atoms with Gasteiger partial charge in [-0.05, 0) is 19.2 Å². The molecular weight excluding hydrogens is 282 g/mol. The van der Waals surface area contributed by atoms with Crippen molar-refractivity contribution in [2.45, 2.75) is 0 Å². The normalized spacial score (nSPS) is 10.6. The second kappa shape index (κ2) is 7.47. The van der Waals surface area contributed by atoms with E-state index in [-0.39, 0.29) is 18.9 Å². The van der Waals surface area contributed by atoms with E-state index >= 15 is 0 Å². The number of nitriles is 1. The molecule has 0 aromatic heterocycles. The lowest BCUT2D eigenvalue weighted by Crippen LogP contribution is -2.35. The van der Waals surface area contributed by atoms with Crippen molar-refractivity contribution in [2.75, 3.05) is 26.0 Å². The van der Waals surface area contributed by atoms with Crippen LogP contribution in [-0.4, -0.2) is 40.3 Å². The molecule has 0 unspecified atom stereocenters. The van der Waals surface area contributed by atoms with Crippen molar-refractivity contribution in [3.05, 3.63) is 29.8 Å². The van der Waals surface area contributed by atoms with E-state index in [1.165, 1.54) is 7.05 Å². The highest BCUT2D eigenvalue weighted by Crippen LogP contribution is 2.15. The Morgan fingerprint density at radius 3 is 2.75 bits per heavy atom. The van der Waals surface area contributed by atoms with Crippen molar-refractivity contribution < 1.29 is 17.9 Å². The van der Waals surface area contributed by atoms with Gasteiger partial charge in [0.25, 0.3) is 5.91 Å². The summed E-state index contributed by atoms with van der Waals surface area (Å²) in [5.41, 5.74) is 0.332. The van der Waals surface area contributed by atoms with Crippen LogP contribution in [0.3, 0.4) is 0 Å². The molecule has 8 heteroatoms. The van der Waals surface area contributed by atoms with Crippen LogP contribution in [0.15, 0.2) is 24.3 Å². The number of ether oxygens (including phenoxy) is 1.